The summed E-state index contributed by atoms with van der Waals surface area (Å²) in [6, 6.07) is 3.81. The Balaban J connectivity index is 2.13. The van der Waals surface area contributed by atoms with Crippen LogP contribution in [0.2, 0.25) is 0 Å². The van der Waals surface area contributed by atoms with Gasteiger partial charge in [-0.1, -0.05) is 18.9 Å². The van der Waals surface area contributed by atoms with E-state index in [1.807, 2.05) is 0 Å². The standard InChI is InChI=1S/C12H16F2N2/c13-8-4-3-5-9(14)12(8)16-11-7-2-1-6-10(11)15/h3-5,10-11,16H,1-2,6-7,15H2/t10-,11+/m0/s1. The van der Waals surface area contributed by atoms with Gasteiger partial charge in [-0.05, 0) is 25.0 Å². The highest BCUT2D eigenvalue weighted by Crippen LogP contribution is 2.24. The fourth-order valence-electron chi connectivity index (χ4n) is 2.16. The van der Waals surface area contributed by atoms with Crippen molar-refractivity contribution in [2.75, 3.05) is 5.32 Å². The lowest BCUT2D eigenvalue weighted by Crippen LogP contribution is -2.42. The topological polar surface area (TPSA) is 38.0 Å². The first-order chi connectivity index (χ1) is 7.68. The average molecular weight is 226 g/mol. The van der Waals surface area contributed by atoms with Gasteiger partial charge in [0.1, 0.15) is 17.3 Å². The van der Waals surface area contributed by atoms with Gasteiger partial charge in [-0.25, -0.2) is 8.78 Å². The van der Waals surface area contributed by atoms with Crippen molar-refractivity contribution in [1.29, 1.82) is 0 Å². The molecule has 16 heavy (non-hydrogen) atoms. The molecule has 0 spiro atoms. The van der Waals surface area contributed by atoms with Gasteiger partial charge < -0.3 is 11.1 Å². The van der Waals surface area contributed by atoms with Gasteiger partial charge in [0, 0.05) is 12.1 Å². The molecule has 1 aliphatic carbocycles. The molecule has 0 unspecified atom stereocenters. The van der Waals surface area contributed by atoms with Gasteiger partial charge in [-0.15, -0.1) is 0 Å². The fraction of sp³-hybridized carbons (Fsp3) is 0.500. The van der Waals surface area contributed by atoms with Crippen LogP contribution < -0.4 is 11.1 Å². The highest BCUT2D eigenvalue weighted by atomic mass is 19.1. The molecule has 1 fully saturated rings. The van der Waals surface area contributed by atoms with Crippen molar-refractivity contribution in [1.82, 2.24) is 0 Å². The van der Waals surface area contributed by atoms with E-state index in [-0.39, 0.29) is 17.8 Å². The largest absolute Gasteiger partial charge is 0.376 e. The molecule has 0 radical (unpaired) electrons. The minimum Gasteiger partial charge on any atom is -0.376 e. The maximum atomic E-state index is 13.4. The third-order valence-electron chi connectivity index (χ3n) is 3.11. The summed E-state index contributed by atoms with van der Waals surface area (Å²) in [7, 11) is 0. The van der Waals surface area contributed by atoms with Crippen LogP contribution in [0.3, 0.4) is 0 Å². The molecule has 0 aromatic heterocycles. The Hall–Kier alpha value is -1.16. The molecule has 2 atom stereocenters. The van der Waals surface area contributed by atoms with Crippen LogP contribution in [0.1, 0.15) is 25.7 Å². The first-order valence-corrected chi connectivity index (χ1v) is 5.64. The molecule has 1 aromatic rings. The van der Waals surface area contributed by atoms with Crippen molar-refractivity contribution in [3.8, 4) is 0 Å². The molecule has 2 nitrogen and oxygen atoms in total. The zero-order chi connectivity index (χ0) is 11.5. The van der Waals surface area contributed by atoms with E-state index in [0.717, 1.165) is 25.7 Å². The number of nitrogens with one attached hydrogen (secondary N) is 1. The van der Waals surface area contributed by atoms with E-state index in [1.165, 1.54) is 18.2 Å². The Kier molecular flexibility index (Phi) is 3.39. The molecule has 0 amide bonds. The second kappa shape index (κ2) is 4.78. The summed E-state index contributed by atoms with van der Waals surface area (Å²) in [6.45, 7) is 0. The molecule has 1 aromatic carbocycles. The lowest BCUT2D eigenvalue weighted by molar-refractivity contribution is 0.401. The van der Waals surface area contributed by atoms with Crippen LogP contribution in [0.15, 0.2) is 18.2 Å². The number of halogens is 2. The van der Waals surface area contributed by atoms with Crippen molar-refractivity contribution in [3.63, 3.8) is 0 Å². The highest BCUT2D eigenvalue weighted by Gasteiger charge is 2.23. The minimum absolute atomic E-state index is 0.0206. The van der Waals surface area contributed by atoms with E-state index in [9.17, 15) is 8.78 Å². The van der Waals surface area contributed by atoms with Gasteiger partial charge in [0.2, 0.25) is 0 Å². The average Bonchev–Trinajstić information content (AvgIpc) is 2.26. The number of para-hydroxylation sites is 1. The Morgan fingerprint density at radius 3 is 2.38 bits per heavy atom. The van der Waals surface area contributed by atoms with Gasteiger partial charge >= 0.3 is 0 Å². The minimum atomic E-state index is -0.558. The number of hydrogen-bond donors (Lipinski definition) is 2. The van der Waals surface area contributed by atoms with Crippen LogP contribution >= 0.6 is 0 Å². The summed E-state index contributed by atoms with van der Waals surface area (Å²) in [5, 5.41) is 2.89. The maximum Gasteiger partial charge on any atom is 0.149 e. The van der Waals surface area contributed by atoms with Gasteiger partial charge in [0.05, 0.1) is 0 Å². The number of rotatable bonds is 2. The zero-order valence-corrected chi connectivity index (χ0v) is 9.05. The second-order valence-electron chi connectivity index (χ2n) is 4.30. The Morgan fingerprint density at radius 2 is 1.75 bits per heavy atom. The van der Waals surface area contributed by atoms with Gasteiger partial charge in [-0.2, -0.15) is 0 Å². The zero-order valence-electron chi connectivity index (χ0n) is 9.05. The van der Waals surface area contributed by atoms with Crippen molar-refractivity contribution >= 4 is 5.69 Å². The van der Waals surface area contributed by atoms with Crippen molar-refractivity contribution < 1.29 is 8.78 Å². The molecule has 3 N–H and O–H groups in total. The third-order valence-corrected chi connectivity index (χ3v) is 3.11. The molecule has 4 heteroatoms. The highest BCUT2D eigenvalue weighted by molar-refractivity contribution is 5.47. The third kappa shape index (κ3) is 2.32. The molecule has 1 aliphatic rings. The number of hydrogen-bond acceptors (Lipinski definition) is 2. The van der Waals surface area contributed by atoms with E-state index in [1.54, 1.807) is 0 Å². The van der Waals surface area contributed by atoms with Crippen LogP contribution in [0.25, 0.3) is 0 Å². The predicted octanol–water partition coefficient (Wildman–Crippen LogP) is 2.65. The summed E-state index contributed by atoms with van der Waals surface area (Å²) >= 11 is 0. The SMILES string of the molecule is N[C@H]1CCCC[C@H]1Nc1c(F)cccc1F. The summed E-state index contributed by atoms with van der Waals surface area (Å²) in [4.78, 5) is 0. The lowest BCUT2D eigenvalue weighted by atomic mass is 9.91. The van der Waals surface area contributed by atoms with Crippen LogP contribution in [0.5, 0.6) is 0 Å². The van der Waals surface area contributed by atoms with Crippen LogP contribution in [0, 0.1) is 11.6 Å². The Morgan fingerprint density at radius 1 is 1.12 bits per heavy atom. The quantitative estimate of drug-likeness (QED) is 0.813. The molecule has 0 heterocycles. The molecule has 0 saturated heterocycles. The van der Waals surface area contributed by atoms with E-state index in [2.05, 4.69) is 5.32 Å². The molecule has 88 valence electrons. The number of benzene rings is 1. The van der Waals surface area contributed by atoms with Gasteiger partial charge in [0.15, 0.2) is 0 Å². The molecule has 1 saturated carbocycles. The predicted molar refractivity (Wildman–Crippen MR) is 60.2 cm³/mol. The molecular weight excluding hydrogens is 210 g/mol. The second-order valence-corrected chi connectivity index (χ2v) is 4.30. The van der Waals surface area contributed by atoms with E-state index in [4.69, 9.17) is 5.73 Å². The van der Waals surface area contributed by atoms with Gasteiger partial charge in [0.25, 0.3) is 0 Å². The van der Waals surface area contributed by atoms with Crippen molar-refractivity contribution in [2.24, 2.45) is 5.73 Å². The summed E-state index contributed by atoms with van der Waals surface area (Å²) in [5.41, 5.74) is 5.87. The first kappa shape index (κ1) is 11.3. The number of anilines is 1. The smallest absolute Gasteiger partial charge is 0.149 e. The van der Waals surface area contributed by atoms with Crippen LogP contribution in [-0.4, -0.2) is 12.1 Å². The lowest BCUT2D eigenvalue weighted by Gasteiger charge is -2.30. The summed E-state index contributed by atoms with van der Waals surface area (Å²) < 4.78 is 26.8. The monoisotopic (exact) mass is 226 g/mol. The Labute approximate surface area is 93.8 Å². The molecule has 2 rings (SSSR count). The normalized spacial score (nSPS) is 25.4. The first-order valence-electron chi connectivity index (χ1n) is 5.64. The van der Waals surface area contributed by atoms with Gasteiger partial charge in [-0.3, -0.25) is 0 Å². The molecule has 0 bridgehead atoms. The number of nitrogens with two attached hydrogens (primary N) is 1. The van der Waals surface area contributed by atoms with E-state index < -0.39 is 11.6 Å². The molecular formula is C12H16F2N2. The van der Waals surface area contributed by atoms with Crippen LogP contribution in [-0.2, 0) is 0 Å². The molecule has 0 aliphatic heterocycles. The van der Waals surface area contributed by atoms with E-state index >= 15 is 0 Å². The van der Waals surface area contributed by atoms with E-state index in [0.29, 0.717) is 0 Å². The fourth-order valence-corrected chi connectivity index (χ4v) is 2.16. The van der Waals surface area contributed by atoms with Crippen LogP contribution in [0.4, 0.5) is 14.5 Å². The van der Waals surface area contributed by atoms with Crippen molar-refractivity contribution in [2.45, 2.75) is 37.8 Å². The van der Waals surface area contributed by atoms with Crippen molar-refractivity contribution in [3.05, 3.63) is 29.8 Å². The Bertz CT molecular complexity index is 348. The summed E-state index contributed by atoms with van der Waals surface area (Å²) in [6.07, 6.45) is 3.93. The summed E-state index contributed by atoms with van der Waals surface area (Å²) in [5.74, 6) is -1.12. The maximum absolute atomic E-state index is 13.4.